The molecule has 1 aliphatic rings. The van der Waals surface area contributed by atoms with Gasteiger partial charge in [0, 0.05) is 0 Å². The fourth-order valence-electron chi connectivity index (χ4n) is 1.83. The normalized spacial score (nSPS) is 22.9. The van der Waals surface area contributed by atoms with Gasteiger partial charge in [-0.1, -0.05) is 6.07 Å². The molecule has 1 aromatic rings. The summed E-state index contributed by atoms with van der Waals surface area (Å²) in [7, 11) is 0. The number of carbonyl (C=O) groups is 1. The number of rotatable bonds is 3. The van der Waals surface area contributed by atoms with Crippen molar-refractivity contribution in [3.8, 4) is 5.75 Å². The number of benzene rings is 1. The van der Waals surface area contributed by atoms with Crippen LogP contribution in [0.25, 0.3) is 0 Å². The van der Waals surface area contributed by atoms with Gasteiger partial charge in [0.2, 0.25) is 0 Å². The second-order valence-corrected chi connectivity index (χ2v) is 5.07. The van der Waals surface area contributed by atoms with Crippen LogP contribution in [-0.2, 0) is 9.53 Å². The first-order valence-corrected chi connectivity index (χ1v) is 6.36. The van der Waals surface area contributed by atoms with Gasteiger partial charge in [-0.15, -0.1) is 0 Å². The molecule has 0 aliphatic heterocycles. The van der Waals surface area contributed by atoms with E-state index in [9.17, 15) is 9.90 Å². The molecule has 0 bridgehead atoms. The lowest BCUT2D eigenvalue weighted by Gasteiger charge is -2.03. The lowest BCUT2D eigenvalue weighted by atomic mass is 10.1. The quantitative estimate of drug-likeness (QED) is 0.684. The van der Waals surface area contributed by atoms with E-state index >= 15 is 0 Å². The Bertz CT molecular complexity index is 417. The number of esters is 1. The number of carbonyl (C=O) groups excluding carboxylic acids is 1. The lowest BCUT2D eigenvalue weighted by Crippen LogP contribution is -2.07. The van der Waals surface area contributed by atoms with Crippen LogP contribution in [0.15, 0.2) is 18.2 Å². The van der Waals surface area contributed by atoms with Crippen molar-refractivity contribution in [1.82, 2.24) is 0 Å². The number of hydrogen-bond donors (Lipinski definition) is 1. The van der Waals surface area contributed by atoms with E-state index in [1.807, 2.05) is 19.1 Å². The highest BCUT2D eigenvalue weighted by Crippen LogP contribution is 2.48. The largest absolute Gasteiger partial charge is 0.507 e. The average Bonchev–Trinajstić information content (AvgIpc) is 3.02. The molecule has 86 valence electrons. The van der Waals surface area contributed by atoms with Gasteiger partial charge < -0.3 is 9.84 Å². The molecule has 1 aliphatic carbocycles. The maximum atomic E-state index is 11.5. The van der Waals surface area contributed by atoms with E-state index in [0.29, 0.717) is 6.61 Å². The first-order chi connectivity index (χ1) is 7.63. The van der Waals surface area contributed by atoms with Crippen LogP contribution < -0.4 is 0 Å². The Morgan fingerprint density at radius 1 is 1.62 bits per heavy atom. The van der Waals surface area contributed by atoms with Gasteiger partial charge in [0.05, 0.1) is 16.1 Å². The summed E-state index contributed by atoms with van der Waals surface area (Å²) in [4.78, 5) is 11.5. The first kappa shape index (κ1) is 11.7. The minimum absolute atomic E-state index is 0.0142. The van der Waals surface area contributed by atoms with Crippen LogP contribution in [0.5, 0.6) is 5.75 Å². The summed E-state index contributed by atoms with van der Waals surface area (Å²) in [5.74, 6) is 0.474. The molecule has 16 heavy (non-hydrogen) atoms. The Hall–Kier alpha value is -0.780. The molecule has 1 N–H and O–H groups in total. The Morgan fingerprint density at radius 2 is 2.38 bits per heavy atom. The van der Waals surface area contributed by atoms with Crippen LogP contribution in [0.4, 0.5) is 0 Å². The molecular formula is C12H13IO3. The van der Waals surface area contributed by atoms with Gasteiger partial charge in [0.15, 0.2) is 0 Å². The van der Waals surface area contributed by atoms with Gasteiger partial charge in [-0.2, -0.15) is 0 Å². The number of hydrogen-bond acceptors (Lipinski definition) is 3. The second-order valence-electron chi connectivity index (χ2n) is 3.91. The van der Waals surface area contributed by atoms with Gasteiger partial charge in [0.1, 0.15) is 5.75 Å². The zero-order valence-corrected chi connectivity index (χ0v) is 11.1. The van der Waals surface area contributed by atoms with Crippen molar-refractivity contribution in [2.45, 2.75) is 19.3 Å². The van der Waals surface area contributed by atoms with Crippen LogP contribution in [0.2, 0.25) is 0 Å². The highest BCUT2D eigenvalue weighted by atomic mass is 127. The summed E-state index contributed by atoms with van der Waals surface area (Å²) >= 11 is 2.09. The topological polar surface area (TPSA) is 46.5 Å². The summed E-state index contributed by atoms with van der Waals surface area (Å²) in [6.07, 6.45) is 0.861. The van der Waals surface area contributed by atoms with Gasteiger partial charge in [-0.05, 0) is 59.5 Å². The Kier molecular flexibility index (Phi) is 3.37. The monoisotopic (exact) mass is 332 g/mol. The van der Waals surface area contributed by atoms with Crippen molar-refractivity contribution in [2.24, 2.45) is 5.92 Å². The number of ether oxygens (including phenoxy) is 1. The smallest absolute Gasteiger partial charge is 0.309 e. The molecule has 1 aromatic carbocycles. The molecule has 0 saturated heterocycles. The lowest BCUT2D eigenvalue weighted by molar-refractivity contribution is -0.144. The van der Waals surface area contributed by atoms with Gasteiger partial charge in [-0.3, -0.25) is 4.79 Å². The minimum Gasteiger partial charge on any atom is -0.507 e. The highest BCUT2D eigenvalue weighted by Gasteiger charge is 2.45. The molecule has 4 heteroatoms. The molecule has 0 amide bonds. The predicted octanol–water partition coefficient (Wildman–Crippen LogP) is 2.66. The van der Waals surface area contributed by atoms with Crippen LogP contribution in [-0.4, -0.2) is 17.7 Å². The average molecular weight is 332 g/mol. The van der Waals surface area contributed by atoms with E-state index in [0.717, 1.165) is 15.6 Å². The van der Waals surface area contributed by atoms with Crippen LogP contribution >= 0.6 is 22.6 Å². The van der Waals surface area contributed by atoms with E-state index in [1.54, 1.807) is 6.07 Å². The molecule has 2 unspecified atom stereocenters. The van der Waals surface area contributed by atoms with Gasteiger partial charge >= 0.3 is 5.97 Å². The van der Waals surface area contributed by atoms with E-state index < -0.39 is 0 Å². The third-order valence-electron chi connectivity index (χ3n) is 2.78. The maximum Gasteiger partial charge on any atom is 0.309 e. The van der Waals surface area contributed by atoms with Gasteiger partial charge in [-0.25, -0.2) is 0 Å². The second kappa shape index (κ2) is 4.61. The van der Waals surface area contributed by atoms with E-state index in [1.165, 1.54) is 0 Å². The summed E-state index contributed by atoms with van der Waals surface area (Å²) in [5.41, 5.74) is 1.11. The standard InChI is InChI=1S/C12H13IO3/c1-2-16-12(15)9-6-8(9)7-3-4-11(14)10(13)5-7/h3-5,8-9,14H,2,6H2,1H3. The fourth-order valence-corrected chi connectivity index (χ4v) is 2.37. The molecule has 0 spiro atoms. The number of halogens is 1. The first-order valence-electron chi connectivity index (χ1n) is 5.28. The molecule has 0 heterocycles. The van der Waals surface area contributed by atoms with Gasteiger partial charge in [0.25, 0.3) is 0 Å². The Balaban J connectivity index is 2.06. The third kappa shape index (κ3) is 2.31. The van der Waals surface area contributed by atoms with E-state index in [4.69, 9.17) is 4.74 Å². The fraction of sp³-hybridized carbons (Fsp3) is 0.417. The SMILES string of the molecule is CCOC(=O)C1CC1c1ccc(O)c(I)c1. The zero-order chi connectivity index (χ0) is 11.7. The molecule has 1 saturated carbocycles. The van der Waals surface area contributed by atoms with Crippen molar-refractivity contribution in [1.29, 1.82) is 0 Å². The highest BCUT2D eigenvalue weighted by molar-refractivity contribution is 14.1. The van der Waals surface area contributed by atoms with Crippen LogP contribution in [0.1, 0.15) is 24.8 Å². The molecule has 2 rings (SSSR count). The molecule has 3 nitrogen and oxygen atoms in total. The zero-order valence-electron chi connectivity index (χ0n) is 8.94. The molecule has 0 aromatic heterocycles. The number of phenolic OH excluding ortho intramolecular Hbond substituents is 1. The van der Waals surface area contributed by atoms with Crippen molar-refractivity contribution in [3.63, 3.8) is 0 Å². The Morgan fingerprint density at radius 3 is 3.00 bits per heavy atom. The number of aromatic hydroxyl groups is 1. The van der Waals surface area contributed by atoms with Crippen LogP contribution in [0.3, 0.4) is 0 Å². The van der Waals surface area contributed by atoms with E-state index in [-0.39, 0.29) is 23.6 Å². The molecule has 1 fully saturated rings. The number of phenols is 1. The maximum absolute atomic E-state index is 11.5. The van der Waals surface area contributed by atoms with Crippen molar-refractivity contribution < 1.29 is 14.6 Å². The summed E-state index contributed by atoms with van der Waals surface area (Å²) in [5, 5.41) is 9.41. The molecular weight excluding hydrogens is 319 g/mol. The summed E-state index contributed by atoms with van der Waals surface area (Å²) in [6.45, 7) is 2.26. The third-order valence-corrected chi connectivity index (χ3v) is 3.64. The van der Waals surface area contributed by atoms with Crippen LogP contribution in [0, 0.1) is 9.49 Å². The van der Waals surface area contributed by atoms with Crippen molar-refractivity contribution in [3.05, 3.63) is 27.3 Å². The minimum atomic E-state index is -0.101. The summed E-state index contributed by atoms with van der Waals surface area (Å²) in [6, 6.07) is 5.48. The van der Waals surface area contributed by atoms with Crippen molar-refractivity contribution in [2.75, 3.05) is 6.61 Å². The van der Waals surface area contributed by atoms with E-state index in [2.05, 4.69) is 22.6 Å². The predicted molar refractivity (Wildman–Crippen MR) is 68.3 cm³/mol. The molecule has 2 atom stereocenters. The molecule has 0 radical (unpaired) electrons. The summed E-state index contributed by atoms with van der Waals surface area (Å²) < 4.78 is 5.81. The van der Waals surface area contributed by atoms with Crippen molar-refractivity contribution >= 4 is 28.6 Å². The Labute approximate surface area is 108 Å².